The van der Waals surface area contributed by atoms with Gasteiger partial charge in [0.15, 0.2) is 0 Å². The Kier molecular flexibility index (Phi) is 13.3. The van der Waals surface area contributed by atoms with Gasteiger partial charge in [-0.1, -0.05) is 74.5 Å². The van der Waals surface area contributed by atoms with Gasteiger partial charge in [0.05, 0.1) is 30.3 Å². The zero-order valence-electron chi connectivity index (χ0n) is 28.5. The Balaban J connectivity index is 1.58. The molecule has 1 aliphatic rings. The predicted molar refractivity (Wildman–Crippen MR) is 187 cm³/mol. The number of nitrogens with zero attached hydrogens (tertiary/aromatic N) is 2. The van der Waals surface area contributed by atoms with E-state index in [2.05, 4.69) is 0 Å². The summed E-state index contributed by atoms with van der Waals surface area (Å²) in [5.74, 6) is -1.73. The number of aliphatic hydroxyl groups is 1. The van der Waals surface area contributed by atoms with Crippen LogP contribution in [0.5, 0.6) is 0 Å². The van der Waals surface area contributed by atoms with Gasteiger partial charge in [0.2, 0.25) is 15.9 Å². The third-order valence-electron chi connectivity index (χ3n) is 9.23. The van der Waals surface area contributed by atoms with Gasteiger partial charge < -0.3 is 21.3 Å². The molecule has 1 fully saturated rings. The summed E-state index contributed by atoms with van der Waals surface area (Å²) in [6, 6.07) is 19.8. The summed E-state index contributed by atoms with van der Waals surface area (Å²) >= 11 is 0. The highest BCUT2D eigenvalue weighted by molar-refractivity contribution is 7.89. The van der Waals surface area contributed by atoms with E-state index in [4.69, 9.17) is 16.2 Å². The normalized spacial score (nSPS) is 15.3. The number of sulfonamides is 1. The molecular formula is C37H49FN4O6S. The Morgan fingerprint density at radius 1 is 0.959 bits per heavy atom. The summed E-state index contributed by atoms with van der Waals surface area (Å²) in [7, 11) is -2.97. The van der Waals surface area contributed by atoms with Gasteiger partial charge in [0, 0.05) is 24.5 Å². The van der Waals surface area contributed by atoms with Crippen LogP contribution in [0.15, 0.2) is 83.8 Å². The average Bonchev–Trinajstić information content (AvgIpc) is 3.94. The summed E-state index contributed by atoms with van der Waals surface area (Å²) in [6.07, 6.45) is 2.30. The van der Waals surface area contributed by atoms with Crippen molar-refractivity contribution >= 4 is 27.7 Å². The van der Waals surface area contributed by atoms with Gasteiger partial charge in [-0.25, -0.2) is 22.5 Å². The molecule has 49 heavy (non-hydrogen) atoms. The molecule has 266 valence electrons. The van der Waals surface area contributed by atoms with Crippen LogP contribution in [-0.4, -0.2) is 73.1 Å². The van der Waals surface area contributed by atoms with E-state index in [1.807, 2.05) is 74.5 Å². The second kappa shape index (κ2) is 17.2. The van der Waals surface area contributed by atoms with E-state index in [1.165, 1.54) is 23.5 Å². The Morgan fingerprint density at radius 3 is 2.04 bits per heavy atom. The van der Waals surface area contributed by atoms with E-state index in [-0.39, 0.29) is 35.4 Å². The van der Waals surface area contributed by atoms with Gasteiger partial charge in [0.1, 0.15) is 5.82 Å². The van der Waals surface area contributed by atoms with Crippen molar-refractivity contribution in [2.75, 3.05) is 26.0 Å². The first-order valence-corrected chi connectivity index (χ1v) is 18.3. The van der Waals surface area contributed by atoms with E-state index >= 15 is 0 Å². The van der Waals surface area contributed by atoms with Gasteiger partial charge in [-0.15, -0.1) is 0 Å². The van der Waals surface area contributed by atoms with Gasteiger partial charge in [-0.2, -0.15) is 4.31 Å². The predicted octanol–water partition coefficient (Wildman–Crippen LogP) is 5.51. The SMILES string of the molecule is COC(=O)N(C(=O)[C@@H](N)C(c1ccccc1)c1ccccc1)[C@H](CCC[C@@H](CO)N(CCC(C)C)S(=O)(=O)c1ccc(N)c(F)c1)C1CC1. The number of methoxy groups -OCH3 is 1. The number of carbonyl (C=O) groups is 2. The Labute approximate surface area is 289 Å². The molecule has 0 unspecified atom stereocenters. The fraction of sp³-hybridized carbons (Fsp3) is 0.459. The maximum Gasteiger partial charge on any atom is 0.416 e. The lowest BCUT2D eigenvalue weighted by atomic mass is 9.84. The fourth-order valence-corrected chi connectivity index (χ4v) is 8.03. The molecule has 0 aromatic heterocycles. The molecule has 0 spiro atoms. The number of amides is 2. The molecule has 3 atom stereocenters. The lowest BCUT2D eigenvalue weighted by Crippen LogP contribution is -2.54. The van der Waals surface area contributed by atoms with Gasteiger partial charge >= 0.3 is 6.09 Å². The fourth-order valence-electron chi connectivity index (χ4n) is 6.35. The van der Waals surface area contributed by atoms with Gasteiger partial charge in [0.25, 0.3) is 0 Å². The van der Waals surface area contributed by atoms with Crippen molar-refractivity contribution in [2.45, 2.75) is 81.3 Å². The lowest BCUT2D eigenvalue weighted by Gasteiger charge is -2.34. The molecule has 3 aromatic rings. The summed E-state index contributed by atoms with van der Waals surface area (Å²) in [5, 5.41) is 10.5. The molecule has 0 radical (unpaired) electrons. The first kappa shape index (κ1) is 38.0. The Morgan fingerprint density at radius 2 is 1.55 bits per heavy atom. The molecule has 0 heterocycles. The third kappa shape index (κ3) is 9.45. The molecule has 12 heteroatoms. The zero-order valence-corrected chi connectivity index (χ0v) is 29.3. The molecule has 3 aromatic carbocycles. The van der Waals surface area contributed by atoms with Crippen LogP contribution in [0.3, 0.4) is 0 Å². The summed E-state index contributed by atoms with van der Waals surface area (Å²) in [6.45, 7) is 3.57. The Bertz CT molecular complexity index is 1600. The highest BCUT2D eigenvalue weighted by atomic mass is 32.2. The van der Waals surface area contributed by atoms with Crippen LogP contribution in [0, 0.1) is 17.7 Å². The number of imide groups is 1. The van der Waals surface area contributed by atoms with Crippen LogP contribution in [0.2, 0.25) is 0 Å². The van der Waals surface area contributed by atoms with E-state index < -0.39 is 58.5 Å². The average molecular weight is 697 g/mol. The van der Waals surface area contributed by atoms with Crippen molar-refractivity contribution in [3.63, 3.8) is 0 Å². The van der Waals surface area contributed by atoms with E-state index in [1.54, 1.807) is 0 Å². The smallest absolute Gasteiger partial charge is 0.416 e. The molecule has 0 aliphatic heterocycles. The van der Waals surface area contributed by atoms with E-state index in [0.717, 1.165) is 34.9 Å². The van der Waals surface area contributed by atoms with Crippen LogP contribution >= 0.6 is 0 Å². The van der Waals surface area contributed by atoms with Gasteiger partial charge in [-0.05, 0) is 79.7 Å². The quantitative estimate of drug-likeness (QED) is 0.156. The number of aliphatic hydroxyl groups excluding tert-OH is 1. The number of rotatable bonds is 17. The molecule has 2 amide bonds. The number of hydrogen-bond donors (Lipinski definition) is 3. The molecule has 1 aliphatic carbocycles. The molecule has 1 saturated carbocycles. The molecule has 0 bridgehead atoms. The number of carbonyl (C=O) groups excluding carboxylic acids is 2. The Hall–Kier alpha value is -3.84. The number of benzene rings is 3. The number of nitrogen functional groups attached to an aromatic ring is 1. The minimum absolute atomic E-state index is 0.0354. The van der Waals surface area contributed by atoms with E-state index in [9.17, 15) is 27.5 Å². The van der Waals surface area contributed by atoms with Crippen LogP contribution in [-0.2, 0) is 19.6 Å². The molecular weight excluding hydrogens is 647 g/mol. The maximum atomic E-state index is 14.3. The number of halogens is 1. The summed E-state index contributed by atoms with van der Waals surface area (Å²) in [4.78, 5) is 28.5. The van der Waals surface area contributed by atoms with Crippen molar-refractivity contribution < 1.29 is 32.2 Å². The van der Waals surface area contributed by atoms with Crippen molar-refractivity contribution in [3.05, 3.63) is 95.8 Å². The monoisotopic (exact) mass is 696 g/mol. The topological polar surface area (TPSA) is 156 Å². The standard InChI is InChI=1S/C37H49FN4O6S/c1-25(2)21-22-41(49(46,47)30-19-20-32(39)31(38)23-30)29(24-43)15-10-16-33(26-17-18-26)42(37(45)48-3)36(44)35(40)34(27-11-6-4-7-12-27)28-13-8-5-9-14-28/h4-9,11-14,19-20,23,25-26,29,33-35,43H,10,15-18,21-22,24,39-40H2,1-3H3/t29-,33+,35-/m0/s1. The first-order valence-electron chi connectivity index (χ1n) is 16.8. The van der Waals surface area contributed by atoms with Gasteiger partial charge in [-0.3, -0.25) is 4.79 Å². The molecule has 5 N–H and O–H groups in total. The summed E-state index contributed by atoms with van der Waals surface area (Å²) in [5.41, 5.74) is 13.8. The molecule has 10 nitrogen and oxygen atoms in total. The first-order chi connectivity index (χ1) is 23.4. The van der Waals surface area contributed by atoms with E-state index in [0.29, 0.717) is 19.3 Å². The highest BCUT2D eigenvalue weighted by Crippen LogP contribution is 2.39. The number of anilines is 1. The lowest BCUT2D eigenvalue weighted by molar-refractivity contribution is -0.133. The molecule has 4 rings (SSSR count). The van der Waals surface area contributed by atoms with Crippen LogP contribution in [0.1, 0.15) is 69.4 Å². The zero-order chi connectivity index (χ0) is 35.7. The maximum absolute atomic E-state index is 14.3. The van der Waals surface area contributed by atoms with Crippen LogP contribution in [0.4, 0.5) is 14.9 Å². The van der Waals surface area contributed by atoms with Crippen molar-refractivity contribution in [3.8, 4) is 0 Å². The molecule has 0 saturated heterocycles. The second-order valence-corrected chi connectivity index (χ2v) is 15.0. The van der Waals surface area contributed by atoms with Crippen molar-refractivity contribution in [2.24, 2.45) is 17.6 Å². The highest BCUT2D eigenvalue weighted by Gasteiger charge is 2.44. The second-order valence-electron chi connectivity index (χ2n) is 13.2. The van der Waals surface area contributed by atoms with Crippen LogP contribution in [0.25, 0.3) is 0 Å². The van der Waals surface area contributed by atoms with Crippen molar-refractivity contribution in [1.82, 2.24) is 9.21 Å². The number of hydrogen-bond acceptors (Lipinski definition) is 8. The number of ether oxygens (including phenoxy) is 1. The van der Waals surface area contributed by atoms with Crippen molar-refractivity contribution in [1.29, 1.82) is 0 Å². The van der Waals surface area contributed by atoms with Crippen LogP contribution < -0.4 is 11.5 Å². The minimum atomic E-state index is -4.20. The number of nitrogens with two attached hydrogens (primary N) is 2. The third-order valence-corrected chi connectivity index (χ3v) is 11.2. The summed E-state index contributed by atoms with van der Waals surface area (Å²) < 4.78 is 48.3. The largest absolute Gasteiger partial charge is 0.452 e. The minimum Gasteiger partial charge on any atom is -0.452 e.